The monoisotopic (exact) mass is 365 g/mol. The number of nitrogens with two attached hydrogens (primary N) is 1. The Morgan fingerprint density at radius 1 is 1.00 bits per heavy atom. The van der Waals surface area contributed by atoms with Gasteiger partial charge in [0.1, 0.15) is 11.6 Å². The van der Waals surface area contributed by atoms with Crippen molar-refractivity contribution in [2.45, 2.75) is 6.04 Å². The van der Waals surface area contributed by atoms with Crippen LogP contribution < -0.4 is 5.73 Å². The lowest BCUT2D eigenvalue weighted by atomic mass is 9.99. The fraction of sp³-hybridized carbons (Fsp3) is 0.0769. The van der Waals surface area contributed by atoms with Gasteiger partial charge in [-0.25, -0.2) is 8.78 Å². The van der Waals surface area contributed by atoms with Crippen molar-refractivity contribution in [2.75, 3.05) is 0 Å². The van der Waals surface area contributed by atoms with Crippen molar-refractivity contribution in [3.05, 3.63) is 67.6 Å². The Balaban J connectivity index is 2.46. The lowest BCUT2D eigenvalue weighted by Gasteiger charge is -2.15. The molecule has 0 aliphatic rings. The molecular weight excluding hydrogens is 359 g/mol. The summed E-state index contributed by atoms with van der Waals surface area (Å²) < 4.78 is 27.3. The lowest BCUT2D eigenvalue weighted by Crippen LogP contribution is -2.14. The van der Waals surface area contributed by atoms with Crippen LogP contribution in [-0.4, -0.2) is 0 Å². The van der Waals surface area contributed by atoms with Gasteiger partial charge >= 0.3 is 0 Å². The van der Waals surface area contributed by atoms with Crippen molar-refractivity contribution in [1.29, 1.82) is 0 Å². The summed E-state index contributed by atoms with van der Waals surface area (Å²) in [5.41, 5.74) is 6.54. The Morgan fingerprint density at radius 3 is 2.32 bits per heavy atom. The zero-order chi connectivity index (χ0) is 14.2. The van der Waals surface area contributed by atoms with Crippen LogP contribution in [0, 0.1) is 11.6 Å². The summed E-state index contributed by atoms with van der Waals surface area (Å²) in [6, 6.07) is 6.00. The van der Waals surface area contributed by atoms with Gasteiger partial charge in [-0.15, -0.1) is 0 Å². The van der Waals surface area contributed by atoms with E-state index < -0.39 is 17.7 Å². The van der Waals surface area contributed by atoms with E-state index in [-0.39, 0.29) is 10.0 Å². The van der Waals surface area contributed by atoms with Crippen LogP contribution in [0.5, 0.6) is 0 Å². The molecule has 0 spiro atoms. The standard InChI is InChI=1S/C13H8BrCl2F2N/c14-8-5-11(17)7(4-12(8)18)13(19)6-1-2-9(15)10(16)3-6/h1-5,13H,19H2. The lowest BCUT2D eigenvalue weighted by molar-refractivity contribution is 0.572. The molecule has 19 heavy (non-hydrogen) atoms. The minimum absolute atomic E-state index is 0.0510. The first kappa shape index (κ1) is 14.7. The molecule has 100 valence electrons. The van der Waals surface area contributed by atoms with E-state index in [1.165, 1.54) is 6.07 Å². The van der Waals surface area contributed by atoms with Gasteiger partial charge < -0.3 is 5.73 Å². The summed E-state index contributed by atoms with van der Waals surface area (Å²) in [5, 5.41) is 0.688. The first-order chi connectivity index (χ1) is 8.90. The number of hydrogen-bond donors (Lipinski definition) is 1. The van der Waals surface area contributed by atoms with Crippen LogP contribution in [0.1, 0.15) is 17.2 Å². The van der Waals surface area contributed by atoms with Gasteiger partial charge in [0.15, 0.2) is 0 Å². The summed E-state index contributed by atoms with van der Waals surface area (Å²) in [7, 11) is 0. The molecule has 0 bridgehead atoms. The summed E-state index contributed by atoms with van der Waals surface area (Å²) in [4.78, 5) is 0. The second-order valence-corrected chi connectivity index (χ2v) is 5.61. The molecule has 2 aromatic rings. The quantitative estimate of drug-likeness (QED) is 0.736. The summed E-state index contributed by atoms with van der Waals surface area (Å²) in [6.45, 7) is 0. The average Bonchev–Trinajstić information content (AvgIpc) is 2.36. The molecule has 1 unspecified atom stereocenters. The number of rotatable bonds is 2. The third-order valence-corrected chi connectivity index (χ3v) is 4.02. The van der Waals surface area contributed by atoms with Crippen molar-refractivity contribution in [3.63, 3.8) is 0 Å². The van der Waals surface area contributed by atoms with Gasteiger partial charge in [-0.05, 0) is 45.8 Å². The number of benzene rings is 2. The SMILES string of the molecule is NC(c1ccc(Cl)c(Cl)c1)c1cc(F)c(Br)cc1F. The highest BCUT2D eigenvalue weighted by molar-refractivity contribution is 9.10. The van der Waals surface area contributed by atoms with Crippen molar-refractivity contribution >= 4 is 39.1 Å². The fourth-order valence-corrected chi connectivity index (χ4v) is 2.28. The molecule has 1 atom stereocenters. The van der Waals surface area contributed by atoms with Crippen LogP contribution in [0.25, 0.3) is 0 Å². The van der Waals surface area contributed by atoms with E-state index in [4.69, 9.17) is 28.9 Å². The van der Waals surface area contributed by atoms with Gasteiger partial charge in [0.25, 0.3) is 0 Å². The van der Waals surface area contributed by atoms with Crippen molar-refractivity contribution in [1.82, 2.24) is 0 Å². The summed E-state index contributed by atoms with van der Waals surface area (Å²) >= 11 is 14.6. The van der Waals surface area contributed by atoms with Gasteiger partial charge in [0, 0.05) is 5.56 Å². The van der Waals surface area contributed by atoms with E-state index in [1.807, 2.05) is 0 Å². The molecule has 0 saturated heterocycles. The molecule has 0 radical (unpaired) electrons. The molecule has 0 aliphatic heterocycles. The average molecular weight is 367 g/mol. The smallest absolute Gasteiger partial charge is 0.137 e. The fourth-order valence-electron chi connectivity index (χ4n) is 1.66. The molecule has 2 aromatic carbocycles. The van der Waals surface area contributed by atoms with E-state index >= 15 is 0 Å². The van der Waals surface area contributed by atoms with Crippen LogP contribution in [0.4, 0.5) is 8.78 Å². The van der Waals surface area contributed by atoms with E-state index in [2.05, 4.69) is 15.9 Å². The van der Waals surface area contributed by atoms with Crippen LogP contribution in [0.3, 0.4) is 0 Å². The molecule has 0 aromatic heterocycles. The molecule has 0 fully saturated rings. The predicted octanol–water partition coefficient (Wildman–Crippen LogP) is 5.08. The Bertz CT molecular complexity index is 634. The normalized spacial score (nSPS) is 12.5. The van der Waals surface area contributed by atoms with Crippen molar-refractivity contribution in [3.8, 4) is 0 Å². The molecule has 1 nitrogen and oxygen atoms in total. The molecule has 0 heterocycles. The molecule has 2 rings (SSSR count). The third-order valence-electron chi connectivity index (χ3n) is 2.68. The highest BCUT2D eigenvalue weighted by atomic mass is 79.9. The number of halogens is 5. The maximum atomic E-state index is 13.8. The molecular formula is C13H8BrCl2F2N. The minimum Gasteiger partial charge on any atom is -0.320 e. The van der Waals surface area contributed by atoms with Crippen LogP contribution >= 0.6 is 39.1 Å². The highest BCUT2D eigenvalue weighted by Crippen LogP contribution is 2.30. The second kappa shape index (κ2) is 5.75. The molecule has 0 aliphatic carbocycles. The van der Waals surface area contributed by atoms with E-state index in [0.717, 1.165) is 12.1 Å². The van der Waals surface area contributed by atoms with Crippen LogP contribution in [0.15, 0.2) is 34.8 Å². The molecule has 2 N–H and O–H groups in total. The molecule has 0 amide bonds. The third kappa shape index (κ3) is 3.08. The van der Waals surface area contributed by atoms with Gasteiger partial charge in [-0.1, -0.05) is 29.3 Å². The Labute approximate surface area is 127 Å². The molecule has 6 heteroatoms. The maximum absolute atomic E-state index is 13.8. The first-order valence-electron chi connectivity index (χ1n) is 5.25. The topological polar surface area (TPSA) is 26.0 Å². The van der Waals surface area contributed by atoms with Crippen molar-refractivity contribution < 1.29 is 8.78 Å². The van der Waals surface area contributed by atoms with Gasteiger partial charge in [0.05, 0.1) is 20.6 Å². The highest BCUT2D eigenvalue weighted by Gasteiger charge is 2.17. The predicted molar refractivity (Wildman–Crippen MR) is 76.6 cm³/mol. The van der Waals surface area contributed by atoms with Gasteiger partial charge in [-0.2, -0.15) is 0 Å². The Morgan fingerprint density at radius 2 is 1.68 bits per heavy atom. The Hall–Kier alpha value is -0.680. The van der Waals surface area contributed by atoms with Crippen molar-refractivity contribution in [2.24, 2.45) is 5.73 Å². The van der Waals surface area contributed by atoms with Crippen LogP contribution in [0.2, 0.25) is 10.0 Å². The van der Waals surface area contributed by atoms with E-state index in [9.17, 15) is 8.78 Å². The summed E-state index contributed by atoms with van der Waals surface area (Å²) in [6.07, 6.45) is 0. The Kier molecular flexibility index (Phi) is 4.46. The maximum Gasteiger partial charge on any atom is 0.137 e. The molecule has 0 saturated carbocycles. The summed E-state index contributed by atoms with van der Waals surface area (Å²) in [5.74, 6) is -1.17. The minimum atomic E-state index is -0.822. The van der Waals surface area contributed by atoms with E-state index in [0.29, 0.717) is 15.6 Å². The number of hydrogen-bond acceptors (Lipinski definition) is 1. The second-order valence-electron chi connectivity index (χ2n) is 3.94. The van der Waals surface area contributed by atoms with Gasteiger partial charge in [-0.3, -0.25) is 0 Å². The van der Waals surface area contributed by atoms with Gasteiger partial charge in [0.2, 0.25) is 0 Å². The largest absolute Gasteiger partial charge is 0.320 e. The first-order valence-corrected chi connectivity index (χ1v) is 6.80. The zero-order valence-corrected chi connectivity index (χ0v) is 12.5. The van der Waals surface area contributed by atoms with Crippen LogP contribution in [-0.2, 0) is 0 Å². The van der Waals surface area contributed by atoms with E-state index in [1.54, 1.807) is 12.1 Å². The zero-order valence-electron chi connectivity index (χ0n) is 9.43.